The van der Waals surface area contributed by atoms with Gasteiger partial charge in [0.25, 0.3) is 0 Å². The lowest BCUT2D eigenvalue weighted by Crippen LogP contribution is -2.19. The molecule has 1 N–H and O–H groups in total. The van der Waals surface area contributed by atoms with E-state index in [2.05, 4.69) is 64.1 Å². The van der Waals surface area contributed by atoms with Crippen LogP contribution in [0.1, 0.15) is 31.3 Å². The predicted octanol–water partition coefficient (Wildman–Crippen LogP) is 3.87. The van der Waals surface area contributed by atoms with Gasteiger partial charge in [0.2, 0.25) is 0 Å². The molecule has 0 radical (unpaired) electrons. The van der Waals surface area contributed by atoms with Crippen molar-refractivity contribution < 1.29 is 0 Å². The molecule has 0 aliphatic rings. The van der Waals surface area contributed by atoms with Gasteiger partial charge in [-0.15, -0.1) is 10.2 Å². The number of rotatable bonds is 5. The maximum atomic E-state index is 4.33. The SMILES string of the molecule is CCNC(CC)c1nnc(-c2ccccc2I)s1. The van der Waals surface area contributed by atoms with E-state index in [9.17, 15) is 0 Å². The molecular weight excluding hydrogens is 357 g/mol. The Bertz CT molecular complexity index is 512. The molecule has 1 heterocycles. The molecule has 2 rings (SSSR count). The van der Waals surface area contributed by atoms with Crippen molar-refractivity contribution >= 4 is 33.9 Å². The molecule has 18 heavy (non-hydrogen) atoms. The Kier molecular flexibility index (Phi) is 5.08. The highest BCUT2D eigenvalue weighted by Crippen LogP contribution is 2.30. The van der Waals surface area contributed by atoms with Gasteiger partial charge in [0, 0.05) is 9.13 Å². The molecule has 1 unspecified atom stereocenters. The van der Waals surface area contributed by atoms with E-state index in [0.29, 0.717) is 6.04 Å². The Morgan fingerprint density at radius 1 is 1.28 bits per heavy atom. The van der Waals surface area contributed by atoms with Gasteiger partial charge >= 0.3 is 0 Å². The van der Waals surface area contributed by atoms with Crippen molar-refractivity contribution in [3.8, 4) is 10.6 Å². The van der Waals surface area contributed by atoms with E-state index < -0.39 is 0 Å². The van der Waals surface area contributed by atoms with E-state index in [1.807, 2.05) is 12.1 Å². The molecule has 0 aliphatic heterocycles. The van der Waals surface area contributed by atoms with Crippen molar-refractivity contribution in [1.29, 1.82) is 0 Å². The molecule has 2 aromatic rings. The summed E-state index contributed by atoms with van der Waals surface area (Å²) < 4.78 is 1.22. The highest BCUT2D eigenvalue weighted by atomic mass is 127. The second-order valence-electron chi connectivity index (χ2n) is 3.94. The third-order valence-electron chi connectivity index (χ3n) is 2.70. The summed E-state index contributed by atoms with van der Waals surface area (Å²) in [6, 6.07) is 8.60. The first-order valence-corrected chi connectivity index (χ1v) is 7.97. The number of hydrogen-bond donors (Lipinski definition) is 1. The smallest absolute Gasteiger partial charge is 0.148 e. The highest BCUT2D eigenvalue weighted by Gasteiger charge is 2.15. The summed E-state index contributed by atoms with van der Waals surface area (Å²) in [4.78, 5) is 0. The van der Waals surface area contributed by atoms with Crippen molar-refractivity contribution in [2.45, 2.75) is 26.3 Å². The highest BCUT2D eigenvalue weighted by molar-refractivity contribution is 14.1. The maximum absolute atomic E-state index is 4.33. The molecule has 0 spiro atoms. The van der Waals surface area contributed by atoms with Crippen LogP contribution in [0.15, 0.2) is 24.3 Å². The first-order valence-electron chi connectivity index (χ1n) is 6.08. The average Bonchev–Trinajstić information content (AvgIpc) is 2.85. The van der Waals surface area contributed by atoms with Crippen LogP contribution in [0.4, 0.5) is 0 Å². The molecule has 3 nitrogen and oxygen atoms in total. The lowest BCUT2D eigenvalue weighted by atomic mass is 10.2. The van der Waals surface area contributed by atoms with E-state index in [0.717, 1.165) is 23.0 Å². The zero-order chi connectivity index (χ0) is 13.0. The summed E-state index contributed by atoms with van der Waals surface area (Å²) in [6.07, 6.45) is 1.04. The van der Waals surface area contributed by atoms with Gasteiger partial charge in [0.15, 0.2) is 0 Å². The summed E-state index contributed by atoms with van der Waals surface area (Å²) >= 11 is 4.02. The zero-order valence-corrected chi connectivity index (χ0v) is 13.5. The quantitative estimate of drug-likeness (QED) is 0.809. The van der Waals surface area contributed by atoms with E-state index in [1.54, 1.807) is 11.3 Å². The van der Waals surface area contributed by atoms with Gasteiger partial charge in [-0.2, -0.15) is 0 Å². The van der Waals surface area contributed by atoms with Crippen molar-refractivity contribution in [2.75, 3.05) is 6.54 Å². The predicted molar refractivity (Wildman–Crippen MR) is 84.8 cm³/mol. The fourth-order valence-electron chi connectivity index (χ4n) is 1.77. The molecule has 0 bridgehead atoms. The van der Waals surface area contributed by atoms with Crippen molar-refractivity contribution in [1.82, 2.24) is 15.5 Å². The van der Waals surface area contributed by atoms with Gasteiger partial charge in [0.05, 0.1) is 6.04 Å². The van der Waals surface area contributed by atoms with Gasteiger partial charge in [-0.05, 0) is 41.6 Å². The summed E-state index contributed by atoms with van der Waals surface area (Å²) in [7, 11) is 0. The summed E-state index contributed by atoms with van der Waals surface area (Å²) in [6.45, 7) is 5.24. The van der Waals surface area contributed by atoms with Gasteiger partial charge in [-0.3, -0.25) is 0 Å². The van der Waals surface area contributed by atoms with Crippen LogP contribution in [-0.4, -0.2) is 16.7 Å². The molecule has 1 aromatic heterocycles. The second kappa shape index (κ2) is 6.58. The minimum absolute atomic E-state index is 0.322. The van der Waals surface area contributed by atoms with Crippen LogP contribution >= 0.6 is 33.9 Å². The molecular formula is C13H16IN3S. The van der Waals surface area contributed by atoms with Crippen molar-refractivity contribution in [3.05, 3.63) is 32.8 Å². The number of hydrogen-bond acceptors (Lipinski definition) is 4. The number of nitrogens with one attached hydrogen (secondary N) is 1. The molecule has 0 fully saturated rings. The largest absolute Gasteiger partial charge is 0.308 e. The molecule has 96 valence electrons. The van der Waals surface area contributed by atoms with Crippen molar-refractivity contribution in [3.63, 3.8) is 0 Å². The average molecular weight is 373 g/mol. The molecule has 5 heteroatoms. The topological polar surface area (TPSA) is 37.8 Å². The Hall–Kier alpha value is -0.530. The molecule has 0 saturated heterocycles. The number of nitrogens with zero attached hydrogens (tertiary/aromatic N) is 2. The fourth-order valence-corrected chi connectivity index (χ4v) is 3.64. The summed E-state index contributed by atoms with van der Waals surface area (Å²) in [5, 5.41) is 14.2. The van der Waals surface area contributed by atoms with Crippen LogP contribution in [0.2, 0.25) is 0 Å². The van der Waals surface area contributed by atoms with E-state index in [1.165, 1.54) is 9.13 Å². The second-order valence-corrected chi connectivity index (χ2v) is 6.12. The molecule has 1 atom stereocenters. The minimum atomic E-state index is 0.322. The number of aromatic nitrogens is 2. The summed E-state index contributed by atoms with van der Waals surface area (Å²) in [5.74, 6) is 0. The van der Waals surface area contributed by atoms with Crippen LogP contribution in [0.5, 0.6) is 0 Å². The summed E-state index contributed by atoms with van der Waals surface area (Å²) in [5.41, 5.74) is 1.17. The fraction of sp³-hybridized carbons (Fsp3) is 0.385. The first-order chi connectivity index (χ1) is 8.76. The molecule has 0 amide bonds. The van der Waals surface area contributed by atoms with Gasteiger partial charge in [-0.1, -0.05) is 43.4 Å². The Morgan fingerprint density at radius 3 is 2.72 bits per heavy atom. The monoisotopic (exact) mass is 373 g/mol. The molecule has 1 aromatic carbocycles. The lowest BCUT2D eigenvalue weighted by Gasteiger charge is -2.10. The number of benzene rings is 1. The van der Waals surface area contributed by atoms with Crippen LogP contribution in [0, 0.1) is 3.57 Å². The van der Waals surface area contributed by atoms with E-state index >= 15 is 0 Å². The van der Waals surface area contributed by atoms with Crippen LogP contribution in [-0.2, 0) is 0 Å². The Balaban J connectivity index is 2.28. The van der Waals surface area contributed by atoms with Crippen LogP contribution in [0.3, 0.4) is 0 Å². The number of halogens is 1. The molecule has 0 aliphatic carbocycles. The van der Waals surface area contributed by atoms with Gasteiger partial charge < -0.3 is 5.32 Å². The Labute approximate surface area is 125 Å². The zero-order valence-electron chi connectivity index (χ0n) is 10.5. The standard InChI is InChI=1S/C13H16IN3S/c1-3-11(15-4-2)13-17-16-12(18-13)9-7-5-6-8-10(9)14/h5-8,11,15H,3-4H2,1-2H3. The van der Waals surface area contributed by atoms with Crippen molar-refractivity contribution in [2.24, 2.45) is 0 Å². The third-order valence-corrected chi connectivity index (χ3v) is 4.71. The Morgan fingerprint density at radius 2 is 2.06 bits per heavy atom. The van der Waals surface area contributed by atoms with E-state index in [-0.39, 0.29) is 0 Å². The lowest BCUT2D eigenvalue weighted by molar-refractivity contribution is 0.531. The third kappa shape index (κ3) is 3.07. The minimum Gasteiger partial charge on any atom is -0.308 e. The van der Waals surface area contributed by atoms with E-state index in [4.69, 9.17) is 0 Å². The first kappa shape index (κ1) is 13.9. The molecule has 0 saturated carbocycles. The van der Waals surface area contributed by atoms with Gasteiger partial charge in [-0.25, -0.2) is 0 Å². The van der Waals surface area contributed by atoms with Gasteiger partial charge in [0.1, 0.15) is 10.0 Å². The van der Waals surface area contributed by atoms with Crippen LogP contribution in [0.25, 0.3) is 10.6 Å². The van der Waals surface area contributed by atoms with Crippen LogP contribution < -0.4 is 5.32 Å². The maximum Gasteiger partial charge on any atom is 0.148 e. The normalized spacial score (nSPS) is 12.6.